The second-order valence-corrected chi connectivity index (χ2v) is 7.66. The van der Waals surface area contributed by atoms with E-state index in [0.29, 0.717) is 25.4 Å². The zero-order chi connectivity index (χ0) is 19.1. The van der Waals surface area contributed by atoms with E-state index < -0.39 is 5.79 Å². The molecule has 146 valence electrons. The molecule has 8 heteroatoms. The molecule has 4 heterocycles. The Labute approximate surface area is 162 Å². The smallest absolute Gasteiger partial charge is 0.182 e. The summed E-state index contributed by atoms with van der Waals surface area (Å²) < 4.78 is 18.4. The number of aromatic amines is 1. The van der Waals surface area contributed by atoms with Crippen LogP contribution in [0.3, 0.4) is 0 Å². The monoisotopic (exact) mass is 381 g/mol. The summed E-state index contributed by atoms with van der Waals surface area (Å²) in [6.07, 6.45) is 3.06. The molecule has 0 aliphatic carbocycles. The summed E-state index contributed by atoms with van der Waals surface area (Å²) in [6.45, 7) is 5.65. The van der Waals surface area contributed by atoms with E-state index in [4.69, 9.17) is 14.2 Å². The molecule has 0 unspecified atom stereocenters. The lowest BCUT2D eigenvalue weighted by atomic mass is 10.1. The molecule has 0 bridgehead atoms. The number of fused-ring (bicyclic) bond motifs is 2. The first-order valence-electron chi connectivity index (χ1n) is 9.49. The van der Waals surface area contributed by atoms with Crippen LogP contribution in [0.4, 0.5) is 5.82 Å². The fourth-order valence-corrected chi connectivity index (χ4v) is 4.11. The number of ether oxygens (including phenoxy) is 3. The van der Waals surface area contributed by atoms with E-state index in [9.17, 15) is 0 Å². The van der Waals surface area contributed by atoms with Crippen molar-refractivity contribution in [3.05, 3.63) is 48.5 Å². The molecule has 0 saturated carbocycles. The number of nitrogens with zero attached hydrogens (tertiary/aromatic N) is 4. The highest BCUT2D eigenvalue weighted by molar-refractivity contribution is 5.83. The van der Waals surface area contributed by atoms with Crippen molar-refractivity contribution >= 4 is 17.0 Å². The van der Waals surface area contributed by atoms with Crippen LogP contribution in [0, 0.1) is 0 Å². The van der Waals surface area contributed by atoms with Gasteiger partial charge >= 0.3 is 0 Å². The minimum atomic E-state index is -0.589. The summed E-state index contributed by atoms with van der Waals surface area (Å²) in [5, 5.41) is 0. The van der Waals surface area contributed by atoms with Gasteiger partial charge in [-0.2, -0.15) is 0 Å². The third kappa shape index (κ3) is 3.13. The number of hydrogen-bond acceptors (Lipinski definition) is 7. The number of rotatable bonds is 5. The SMILES string of the molecule is CC1(C)O[C@H]2[C@H](CN(c3ncnc4nc[nH]c34)[C@H]2COCc2ccccc2)O1. The van der Waals surface area contributed by atoms with E-state index in [0.717, 1.165) is 16.9 Å². The fourth-order valence-electron chi connectivity index (χ4n) is 4.11. The van der Waals surface area contributed by atoms with Crippen molar-refractivity contribution in [2.75, 3.05) is 18.1 Å². The van der Waals surface area contributed by atoms with Crippen molar-refractivity contribution in [3.63, 3.8) is 0 Å². The zero-order valence-corrected chi connectivity index (χ0v) is 15.9. The molecule has 2 aliphatic heterocycles. The van der Waals surface area contributed by atoms with Gasteiger partial charge in [0.1, 0.15) is 24.1 Å². The third-order valence-electron chi connectivity index (χ3n) is 5.25. The van der Waals surface area contributed by atoms with Crippen molar-refractivity contribution in [1.29, 1.82) is 0 Å². The van der Waals surface area contributed by atoms with Crippen molar-refractivity contribution in [2.24, 2.45) is 0 Å². The number of benzene rings is 1. The average Bonchev–Trinajstić information content (AvgIpc) is 3.35. The minimum absolute atomic E-state index is 0.0168. The van der Waals surface area contributed by atoms with Crippen LogP contribution in [0.25, 0.3) is 11.2 Å². The van der Waals surface area contributed by atoms with E-state index in [-0.39, 0.29) is 18.2 Å². The van der Waals surface area contributed by atoms with Gasteiger partial charge in [-0.05, 0) is 19.4 Å². The quantitative estimate of drug-likeness (QED) is 0.726. The average molecular weight is 381 g/mol. The van der Waals surface area contributed by atoms with Gasteiger partial charge < -0.3 is 24.1 Å². The maximum absolute atomic E-state index is 6.22. The molecule has 5 rings (SSSR count). The van der Waals surface area contributed by atoms with Gasteiger partial charge in [-0.15, -0.1) is 0 Å². The molecule has 1 N–H and O–H groups in total. The van der Waals surface area contributed by atoms with Gasteiger partial charge in [0.2, 0.25) is 0 Å². The first-order valence-corrected chi connectivity index (χ1v) is 9.49. The molecule has 1 aromatic carbocycles. The predicted octanol–water partition coefficient (Wildman–Crippen LogP) is 2.28. The van der Waals surface area contributed by atoms with Gasteiger partial charge in [-0.25, -0.2) is 15.0 Å². The van der Waals surface area contributed by atoms with Crippen LogP contribution in [0.1, 0.15) is 19.4 Å². The van der Waals surface area contributed by atoms with Gasteiger partial charge in [-0.1, -0.05) is 30.3 Å². The molecule has 3 aromatic rings. The van der Waals surface area contributed by atoms with E-state index >= 15 is 0 Å². The highest BCUT2D eigenvalue weighted by atomic mass is 16.8. The van der Waals surface area contributed by atoms with Gasteiger partial charge in [0.15, 0.2) is 17.3 Å². The molecule has 28 heavy (non-hydrogen) atoms. The summed E-state index contributed by atoms with van der Waals surface area (Å²) in [5.41, 5.74) is 2.61. The van der Waals surface area contributed by atoms with Crippen LogP contribution in [0.5, 0.6) is 0 Å². The van der Waals surface area contributed by atoms with Crippen molar-refractivity contribution in [1.82, 2.24) is 19.9 Å². The summed E-state index contributed by atoms with van der Waals surface area (Å²) in [4.78, 5) is 18.3. The second-order valence-electron chi connectivity index (χ2n) is 7.66. The molecule has 0 spiro atoms. The Morgan fingerprint density at radius 1 is 1.18 bits per heavy atom. The number of hydrogen-bond donors (Lipinski definition) is 1. The van der Waals surface area contributed by atoms with Crippen LogP contribution < -0.4 is 4.90 Å². The number of H-pyrrole nitrogens is 1. The minimum Gasteiger partial charge on any atom is -0.375 e. The summed E-state index contributed by atoms with van der Waals surface area (Å²) in [5.74, 6) is 0.212. The number of aromatic nitrogens is 4. The lowest BCUT2D eigenvalue weighted by molar-refractivity contribution is -0.152. The van der Waals surface area contributed by atoms with Crippen LogP contribution in [0.15, 0.2) is 43.0 Å². The Hall–Kier alpha value is -2.55. The molecule has 2 fully saturated rings. The van der Waals surface area contributed by atoms with Crippen LogP contribution in [-0.2, 0) is 20.8 Å². The van der Waals surface area contributed by atoms with Gasteiger partial charge in [0.05, 0.1) is 25.6 Å². The van der Waals surface area contributed by atoms with Gasteiger partial charge in [-0.3, -0.25) is 0 Å². The molecule has 2 saturated heterocycles. The van der Waals surface area contributed by atoms with Crippen molar-refractivity contribution in [2.45, 2.75) is 44.5 Å². The molecule has 3 atom stereocenters. The van der Waals surface area contributed by atoms with E-state index in [1.54, 1.807) is 12.7 Å². The maximum atomic E-state index is 6.22. The van der Waals surface area contributed by atoms with Crippen LogP contribution in [-0.4, -0.2) is 57.1 Å². The standard InChI is InChI=1S/C20H23N5O3/c1-20(2)27-15-8-25(19-16-18(22-11-21-16)23-12-24-19)14(17(15)28-20)10-26-9-13-6-4-3-5-7-13/h3-7,11-12,14-15,17H,8-10H2,1-2H3,(H,21,22,23,24)/t14-,15-,17+/m0/s1. The normalized spacial score (nSPS) is 26.1. The van der Waals surface area contributed by atoms with Crippen molar-refractivity contribution < 1.29 is 14.2 Å². The van der Waals surface area contributed by atoms with E-state index in [1.165, 1.54) is 0 Å². The predicted molar refractivity (Wildman–Crippen MR) is 103 cm³/mol. The lowest BCUT2D eigenvalue weighted by Gasteiger charge is -2.30. The topological polar surface area (TPSA) is 85.4 Å². The Kier molecular flexibility index (Phi) is 4.26. The molecular formula is C20H23N5O3. The zero-order valence-electron chi connectivity index (χ0n) is 15.9. The Balaban J connectivity index is 1.40. The number of anilines is 1. The largest absolute Gasteiger partial charge is 0.375 e. The Bertz CT molecular complexity index is 961. The first kappa shape index (κ1) is 17.5. The molecule has 0 radical (unpaired) electrons. The molecule has 2 aromatic heterocycles. The van der Waals surface area contributed by atoms with E-state index in [1.807, 2.05) is 32.0 Å². The maximum Gasteiger partial charge on any atom is 0.182 e. The first-order chi connectivity index (χ1) is 13.6. The third-order valence-corrected chi connectivity index (χ3v) is 5.25. The highest BCUT2D eigenvalue weighted by Gasteiger charge is 2.53. The molecule has 8 nitrogen and oxygen atoms in total. The summed E-state index contributed by atoms with van der Waals surface area (Å²) in [6, 6.07) is 10.1. The van der Waals surface area contributed by atoms with E-state index in [2.05, 4.69) is 37.0 Å². The lowest BCUT2D eigenvalue weighted by Crippen LogP contribution is -2.42. The van der Waals surface area contributed by atoms with Gasteiger partial charge in [0, 0.05) is 6.54 Å². The molecule has 0 amide bonds. The number of imidazole rings is 1. The van der Waals surface area contributed by atoms with Crippen molar-refractivity contribution in [3.8, 4) is 0 Å². The Morgan fingerprint density at radius 3 is 2.89 bits per heavy atom. The Morgan fingerprint density at radius 2 is 2.04 bits per heavy atom. The van der Waals surface area contributed by atoms with Gasteiger partial charge in [0.25, 0.3) is 0 Å². The molecular weight excluding hydrogens is 358 g/mol. The number of nitrogens with one attached hydrogen (secondary N) is 1. The van der Waals surface area contributed by atoms with Crippen LogP contribution in [0.2, 0.25) is 0 Å². The summed E-state index contributed by atoms with van der Waals surface area (Å²) in [7, 11) is 0. The molecule has 2 aliphatic rings. The van der Waals surface area contributed by atoms with Crippen LogP contribution >= 0.6 is 0 Å². The summed E-state index contributed by atoms with van der Waals surface area (Å²) >= 11 is 0. The highest BCUT2D eigenvalue weighted by Crippen LogP contribution is 2.39. The second kappa shape index (κ2) is 6.80. The fraction of sp³-hybridized carbons (Fsp3) is 0.450.